The maximum Gasteiger partial charge on any atom is 0.175 e. The summed E-state index contributed by atoms with van der Waals surface area (Å²) >= 11 is 11.3. The summed E-state index contributed by atoms with van der Waals surface area (Å²) in [5, 5.41) is 7.53. The van der Waals surface area contributed by atoms with Gasteiger partial charge >= 0.3 is 0 Å². The first kappa shape index (κ1) is 15.6. The van der Waals surface area contributed by atoms with Crippen molar-refractivity contribution in [1.29, 1.82) is 0 Å². The van der Waals surface area contributed by atoms with Gasteiger partial charge < -0.3 is 15.4 Å². The van der Waals surface area contributed by atoms with E-state index in [2.05, 4.69) is 10.6 Å². The van der Waals surface area contributed by atoms with Gasteiger partial charge in [0.25, 0.3) is 0 Å². The fourth-order valence-corrected chi connectivity index (χ4v) is 2.41. The molecule has 0 bridgehead atoms. The van der Waals surface area contributed by atoms with Gasteiger partial charge in [-0.2, -0.15) is 0 Å². The first-order valence-electron chi connectivity index (χ1n) is 6.48. The van der Waals surface area contributed by atoms with Crippen molar-refractivity contribution in [3.05, 3.63) is 52.5 Å². The fraction of sp³-hybridized carbons (Fsp3) is 0.188. The predicted octanol–water partition coefficient (Wildman–Crippen LogP) is 4.77. The third-order valence-electron chi connectivity index (χ3n) is 3.04. The monoisotopic (exact) mass is 320 g/mol. The van der Waals surface area contributed by atoms with Crippen LogP contribution in [0, 0.1) is 13.8 Å². The van der Waals surface area contributed by atoms with E-state index in [-0.39, 0.29) is 0 Å². The number of methoxy groups -OCH3 is 1. The Morgan fingerprint density at radius 2 is 1.76 bits per heavy atom. The molecule has 0 spiro atoms. The minimum Gasteiger partial charge on any atom is -0.495 e. The fourth-order valence-electron chi connectivity index (χ4n) is 1.96. The summed E-state index contributed by atoms with van der Waals surface area (Å²) in [5.41, 5.74) is 3.91. The molecule has 0 amide bonds. The molecule has 0 aromatic heterocycles. The summed E-state index contributed by atoms with van der Waals surface area (Å²) in [6.07, 6.45) is 0. The Kier molecular flexibility index (Phi) is 5.04. The highest BCUT2D eigenvalue weighted by molar-refractivity contribution is 7.80. The van der Waals surface area contributed by atoms with Crippen molar-refractivity contribution in [2.45, 2.75) is 13.8 Å². The lowest BCUT2D eigenvalue weighted by atomic mass is 10.2. The zero-order chi connectivity index (χ0) is 15.4. The topological polar surface area (TPSA) is 33.3 Å². The number of benzene rings is 2. The smallest absolute Gasteiger partial charge is 0.175 e. The molecule has 0 atom stereocenters. The van der Waals surface area contributed by atoms with Gasteiger partial charge in [0.15, 0.2) is 5.11 Å². The van der Waals surface area contributed by atoms with Gasteiger partial charge in [0, 0.05) is 10.7 Å². The summed E-state index contributed by atoms with van der Waals surface area (Å²) in [6, 6.07) is 11.5. The Morgan fingerprint density at radius 3 is 2.43 bits per heavy atom. The van der Waals surface area contributed by atoms with Crippen LogP contribution in [-0.4, -0.2) is 12.2 Å². The molecule has 0 aliphatic carbocycles. The second-order valence-electron chi connectivity index (χ2n) is 4.74. The van der Waals surface area contributed by atoms with Gasteiger partial charge in [-0.05, 0) is 67.5 Å². The molecule has 0 saturated carbocycles. The molecule has 0 fully saturated rings. The van der Waals surface area contributed by atoms with Crippen LogP contribution in [0.4, 0.5) is 11.4 Å². The van der Waals surface area contributed by atoms with Crippen molar-refractivity contribution in [2.75, 3.05) is 17.7 Å². The Labute approximate surface area is 135 Å². The van der Waals surface area contributed by atoms with Gasteiger partial charge in [-0.25, -0.2) is 0 Å². The van der Waals surface area contributed by atoms with Crippen molar-refractivity contribution in [2.24, 2.45) is 0 Å². The molecule has 5 heteroatoms. The molecule has 0 saturated heterocycles. The first-order chi connectivity index (χ1) is 9.99. The molecule has 2 N–H and O–H groups in total. The lowest BCUT2D eigenvalue weighted by Gasteiger charge is -2.15. The Bertz CT molecular complexity index is 673. The van der Waals surface area contributed by atoms with Crippen LogP contribution in [0.25, 0.3) is 0 Å². The molecule has 21 heavy (non-hydrogen) atoms. The molecule has 3 nitrogen and oxygen atoms in total. The van der Waals surface area contributed by atoms with E-state index in [1.807, 2.05) is 50.2 Å². The number of aryl methyl sites for hydroxylation is 2. The zero-order valence-corrected chi connectivity index (χ0v) is 13.7. The van der Waals surface area contributed by atoms with E-state index >= 15 is 0 Å². The summed E-state index contributed by atoms with van der Waals surface area (Å²) < 4.78 is 5.32. The lowest BCUT2D eigenvalue weighted by Crippen LogP contribution is -2.20. The molecule has 0 aliphatic heterocycles. The minimum absolute atomic E-state index is 0.504. The van der Waals surface area contributed by atoms with Crippen molar-refractivity contribution in [3.8, 4) is 5.75 Å². The highest BCUT2D eigenvalue weighted by Gasteiger charge is 2.07. The standard InChI is InChI=1S/C16H17ClN2OS/c1-10-4-7-15(20-3)14(8-10)19-16(21)18-13-6-5-12(17)9-11(13)2/h4-9H,1-3H3,(H2,18,19,21). The molecule has 0 aliphatic rings. The van der Waals surface area contributed by atoms with Gasteiger partial charge in [0.2, 0.25) is 0 Å². The molecule has 2 aromatic rings. The summed E-state index contributed by atoms with van der Waals surface area (Å²) in [4.78, 5) is 0. The highest BCUT2D eigenvalue weighted by Crippen LogP contribution is 2.26. The van der Waals surface area contributed by atoms with E-state index in [0.717, 1.165) is 28.3 Å². The Hall–Kier alpha value is -1.78. The maximum atomic E-state index is 5.95. The summed E-state index contributed by atoms with van der Waals surface area (Å²) in [6.45, 7) is 3.99. The van der Waals surface area contributed by atoms with Gasteiger partial charge in [-0.1, -0.05) is 17.7 Å². The molecule has 2 rings (SSSR count). The molecule has 0 heterocycles. The summed E-state index contributed by atoms with van der Waals surface area (Å²) in [7, 11) is 1.63. The first-order valence-corrected chi connectivity index (χ1v) is 7.27. The Balaban J connectivity index is 2.13. The van der Waals surface area contributed by atoms with Gasteiger partial charge in [0.05, 0.1) is 12.8 Å². The number of ether oxygens (including phenoxy) is 1. The largest absolute Gasteiger partial charge is 0.495 e. The molecular formula is C16H17ClN2OS. The maximum absolute atomic E-state index is 5.95. The number of rotatable bonds is 3. The second kappa shape index (κ2) is 6.78. The van der Waals surface area contributed by atoms with Crippen LogP contribution in [-0.2, 0) is 0 Å². The van der Waals surface area contributed by atoms with E-state index in [1.165, 1.54) is 0 Å². The van der Waals surface area contributed by atoms with Gasteiger partial charge in [-0.3, -0.25) is 0 Å². The second-order valence-corrected chi connectivity index (χ2v) is 5.59. The number of halogens is 1. The van der Waals surface area contributed by atoms with Crippen LogP contribution in [0.3, 0.4) is 0 Å². The number of nitrogens with one attached hydrogen (secondary N) is 2. The highest BCUT2D eigenvalue weighted by atomic mass is 35.5. The molecule has 0 unspecified atom stereocenters. The Morgan fingerprint density at radius 1 is 1.05 bits per heavy atom. The average Bonchev–Trinajstić information content (AvgIpc) is 2.42. The number of thiocarbonyl (C=S) groups is 1. The van der Waals surface area contributed by atoms with E-state index in [4.69, 9.17) is 28.6 Å². The van der Waals surface area contributed by atoms with E-state index in [1.54, 1.807) is 7.11 Å². The van der Waals surface area contributed by atoms with Crippen LogP contribution in [0.2, 0.25) is 5.02 Å². The van der Waals surface area contributed by atoms with Gasteiger partial charge in [-0.15, -0.1) is 0 Å². The van der Waals surface area contributed by atoms with E-state index in [9.17, 15) is 0 Å². The molecular weight excluding hydrogens is 304 g/mol. The molecule has 0 radical (unpaired) electrons. The zero-order valence-electron chi connectivity index (χ0n) is 12.2. The van der Waals surface area contributed by atoms with Crippen LogP contribution in [0.1, 0.15) is 11.1 Å². The average molecular weight is 321 g/mol. The summed E-state index contributed by atoms with van der Waals surface area (Å²) in [5.74, 6) is 0.748. The normalized spacial score (nSPS) is 10.1. The van der Waals surface area contributed by atoms with Crippen LogP contribution >= 0.6 is 23.8 Å². The van der Waals surface area contributed by atoms with Gasteiger partial charge in [0.1, 0.15) is 5.75 Å². The predicted molar refractivity (Wildman–Crippen MR) is 93.8 cm³/mol. The quantitative estimate of drug-likeness (QED) is 0.798. The van der Waals surface area contributed by atoms with Crippen molar-refractivity contribution < 1.29 is 4.74 Å². The molecule has 110 valence electrons. The van der Waals surface area contributed by atoms with Crippen LogP contribution in [0.5, 0.6) is 5.75 Å². The van der Waals surface area contributed by atoms with Crippen molar-refractivity contribution >= 4 is 40.3 Å². The third-order valence-corrected chi connectivity index (χ3v) is 3.48. The van der Waals surface area contributed by atoms with Crippen molar-refractivity contribution in [3.63, 3.8) is 0 Å². The minimum atomic E-state index is 0.504. The molecule has 2 aromatic carbocycles. The van der Waals surface area contributed by atoms with Crippen LogP contribution < -0.4 is 15.4 Å². The van der Waals surface area contributed by atoms with E-state index < -0.39 is 0 Å². The number of hydrogen-bond acceptors (Lipinski definition) is 2. The van der Waals surface area contributed by atoms with E-state index in [0.29, 0.717) is 10.1 Å². The van der Waals surface area contributed by atoms with Crippen LogP contribution in [0.15, 0.2) is 36.4 Å². The number of hydrogen-bond donors (Lipinski definition) is 2. The third kappa shape index (κ3) is 4.09. The lowest BCUT2D eigenvalue weighted by molar-refractivity contribution is 0.417. The SMILES string of the molecule is COc1ccc(C)cc1NC(=S)Nc1ccc(Cl)cc1C. The number of anilines is 2. The van der Waals surface area contributed by atoms with Crippen molar-refractivity contribution in [1.82, 2.24) is 0 Å².